The number of carbonyl (C=O) groups excluding carboxylic acids is 1. The van der Waals surface area contributed by atoms with Gasteiger partial charge >= 0.3 is 6.18 Å². The fraction of sp³-hybridized carbons (Fsp3) is 0.391. The van der Waals surface area contributed by atoms with Gasteiger partial charge < -0.3 is 9.88 Å². The molecule has 3 aromatic rings. The number of hydrogen-bond donors (Lipinski definition) is 1. The first-order valence-corrected chi connectivity index (χ1v) is 10.6. The topological polar surface area (TPSA) is 72.7 Å². The third-order valence-corrected chi connectivity index (χ3v) is 5.16. The van der Waals surface area contributed by atoms with Crippen molar-refractivity contribution in [2.24, 2.45) is 0 Å². The largest absolute Gasteiger partial charge is 0.420 e. The van der Waals surface area contributed by atoms with E-state index < -0.39 is 11.7 Å². The molecule has 0 fully saturated rings. The summed E-state index contributed by atoms with van der Waals surface area (Å²) in [4.78, 5) is 23.3. The smallest absolute Gasteiger partial charge is 0.351 e. The number of aromatic nitrogens is 4. The summed E-state index contributed by atoms with van der Waals surface area (Å²) < 4.78 is 42.7. The Morgan fingerprint density at radius 3 is 2.47 bits per heavy atom. The minimum absolute atomic E-state index is 0.0872. The van der Waals surface area contributed by atoms with E-state index >= 15 is 0 Å². The Bertz CT molecular complexity index is 1070. The van der Waals surface area contributed by atoms with Gasteiger partial charge in [0, 0.05) is 29.7 Å². The first kappa shape index (κ1) is 23.4. The van der Waals surface area contributed by atoms with Crippen LogP contribution in [-0.2, 0) is 6.18 Å². The molecule has 170 valence electrons. The van der Waals surface area contributed by atoms with Gasteiger partial charge in [-0.25, -0.2) is 15.0 Å². The van der Waals surface area contributed by atoms with Crippen molar-refractivity contribution in [1.29, 1.82) is 0 Å². The average molecular weight is 445 g/mol. The summed E-state index contributed by atoms with van der Waals surface area (Å²) in [6.07, 6.45) is 3.50. The van der Waals surface area contributed by atoms with Gasteiger partial charge in [0.05, 0.1) is 6.33 Å². The Morgan fingerprint density at radius 2 is 1.88 bits per heavy atom. The molecule has 0 saturated heterocycles. The van der Waals surface area contributed by atoms with Crippen LogP contribution in [0.25, 0.3) is 17.1 Å². The zero-order chi connectivity index (χ0) is 23.3. The summed E-state index contributed by atoms with van der Waals surface area (Å²) in [6, 6.07) is 5.16. The van der Waals surface area contributed by atoms with Crippen LogP contribution in [-0.4, -0.2) is 31.8 Å². The summed E-state index contributed by atoms with van der Waals surface area (Å²) in [6.45, 7) is 5.93. The van der Waals surface area contributed by atoms with Gasteiger partial charge in [-0.3, -0.25) is 4.79 Å². The van der Waals surface area contributed by atoms with Gasteiger partial charge in [0.25, 0.3) is 0 Å². The number of benzene rings is 1. The molecular weight excluding hydrogens is 419 g/mol. The lowest BCUT2D eigenvalue weighted by molar-refractivity contribution is -0.137. The Hall–Kier alpha value is -3.23. The molecule has 3 rings (SSSR count). The lowest BCUT2D eigenvalue weighted by atomic mass is 10.1. The molecule has 0 unspecified atom stereocenters. The van der Waals surface area contributed by atoms with E-state index in [1.807, 2.05) is 6.92 Å². The van der Waals surface area contributed by atoms with Crippen molar-refractivity contribution in [2.45, 2.75) is 58.7 Å². The number of alkyl halides is 3. The lowest BCUT2D eigenvalue weighted by Gasteiger charge is -2.18. The van der Waals surface area contributed by atoms with Gasteiger partial charge in [0.1, 0.15) is 23.2 Å². The molecule has 0 radical (unpaired) electrons. The number of rotatable bonds is 9. The summed E-state index contributed by atoms with van der Waals surface area (Å²) in [5.74, 6) is 0.154. The number of anilines is 1. The van der Waals surface area contributed by atoms with Gasteiger partial charge in [-0.1, -0.05) is 26.7 Å². The molecule has 32 heavy (non-hydrogen) atoms. The predicted octanol–water partition coefficient (Wildman–Crippen LogP) is 5.85. The highest BCUT2D eigenvalue weighted by molar-refractivity contribution is 5.76. The summed E-state index contributed by atoms with van der Waals surface area (Å²) in [7, 11) is 0. The summed E-state index contributed by atoms with van der Waals surface area (Å²) in [5, 5.41) is 3.17. The van der Waals surface area contributed by atoms with E-state index in [2.05, 4.69) is 34.1 Å². The first-order valence-electron chi connectivity index (χ1n) is 10.6. The number of nitrogens with one attached hydrogen (secondary N) is 1. The zero-order valence-electron chi connectivity index (χ0n) is 18.3. The SMILES string of the molecule is CCCC(CCC)Nc1ncc(C(F)(F)F)c(-c2cn(-c3ccc(C=O)cc3C)cn2)n1. The minimum Gasteiger partial charge on any atom is -0.351 e. The number of carbonyl (C=O) groups is 1. The average Bonchev–Trinajstić information content (AvgIpc) is 3.23. The van der Waals surface area contributed by atoms with Gasteiger partial charge in [-0.2, -0.15) is 13.2 Å². The Labute approximate surface area is 184 Å². The minimum atomic E-state index is -4.62. The standard InChI is InChI=1S/C23H26F3N5O/c1-4-6-17(7-5-2)29-22-27-11-18(23(24,25)26)21(30-22)19-12-31(14-28-19)20-9-8-16(13-32)10-15(20)3/h8-14,17H,4-7H2,1-3H3,(H,27,29,30). The van der Waals surface area contributed by atoms with Crippen LogP contribution in [0.2, 0.25) is 0 Å². The van der Waals surface area contributed by atoms with Crippen molar-refractivity contribution < 1.29 is 18.0 Å². The normalized spacial score (nSPS) is 11.7. The Kier molecular flexibility index (Phi) is 7.27. The fourth-order valence-electron chi connectivity index (χ4n) is 3.64. The quantitative estimate of drug-likeness (QED) is 0.418. The summed E-state index contributed by atoms with van der Waals surface area (Å²) >= 11 is 0. The van der Waals surface area contributed by atoms with E-state index in [1.54, 1.807) is 22.8 Å². The third-order valence-electron chi connectivity index (χ3n) is 5.16. The van der Waals surface area contributed by atoms with Crippen LogP contribution < -0.4 is 5.32 Å². The molecule has 9 heteroatoms. The van der Waals surface area contributed by atoms with Crippen molar-refractivity contribution >= 4 is 12.2 Å². The molecule has 0 atom stereocenters. The summed E-state index contributed by atoms with van der Waals surface area (Å²) in [5.41, 5.74) is 0.893. The van der Waals surface area contributed by atoms with Crippen LogP contribution >= 0.6 is 0 Å². The number of imidazole rings is 1. The molecule has 0 spiro atoms. The van der Waals surface area contributed by atoms with Crippen LogP contribution in [0.3, 0.4) is 0 Å². The van der Waals surface area contributed by atoms with E-state index in [0.717, 1.165) is 43.7 Å². The molecule has 0 aliphatic carbocycles. The molecule has 2 heterocycles. The molecule has 0 aliphatic rings. The van der Waals surface area contributed by atoms with Crippen molar-refractivity contribution in [3.05, 3.63) is 53.6 Å². The van der Waals surface area contributed by atoms with Crippen LogP contribution in [0.5, 0.6) is 0 Å². The molecule has 6 nitrogen and oxygen atoms in total. The number of aldehydes is 1. The van der Waals surface area contributed by atoms with Gasteiger partial charge in [0.15, 0.2) is 0 Å². The second-order valence-electron chi connectivity index (χ2n) is 7.70. The van der Waals surface area contributed by atoms with Crippen LogP contribution in [0.1, 0.15) is 61.0 Å². The van der Waals surface area contributed by atoms with E-state index in [0.29, 0.717) is 11.3 Å². The molecule has 1 N–H and O–H groups in total. The van der Waals surface area contributed by atoms with E-state index in [4.69, 9.17) is 0 Å². The maximum absolute atomic E-state index is 13.7. The van der Waals surface area contributed by atoms with Crippen LogP contribution in [0.4, 0.5) is 19.1 Å². The molecule has 2 aromatic heterocycles. The maximum atomic E-state index is 13.7. The maximum Gasteiger partial charge on any atom is 0.420 e. The van der Waals surface area contributed by atoms with E-state index in [9.17, 15) is 18.0 Å². The molecule has 1 aromatic carbocycles. The second kappa shape index (κ2) is 9.93. The van der Waals surface area contributed by atoms with Crippen molar-refractivity contribution in [2.75, 3.05) is 5.32 Å². The molecule has 0 bridgehead atoms. The van der Waals surface area contributed by atoms with E-state index in [1.165, 1.54) is 12.5 Å². The molecular formula is C23H26F3N5O. The number of nitrogens with zero attached hydrogens (tertiary/aromatic N) is 4. The van der Waals surface area contributed by atoms with E-state index in [-0.39, 0.29) is 23.4 Å². The molecule has 0 aliphatic heterocycles. The third kappa shape index (κ3) is 5.33. The van der Waals surface area contributed by atoms with Crippen molar-refractivity contribution in [3.63, 3.8) is 0 Å². The van der Waals surface area contributed by atoms with Crippen molar-refractivity contribution in [1.82, 2.24) is 19.5 Å². The predicted molar refractivity (Wildman–Crippen MR) is 117 cm³/mol. The van der Waals surface area contributed by atoms with Crippen LogP contribution in [0.15, 0.2) is 36.9 Å². The number of halogens is 3. The van der Waals surface area contributed by atoms with Gasteiger partial charge in [0.2, 0.25) is 5.95 Å². The first-order chi connectivity index (χ1) is 15.3. The molecule has 0 saturated carbocycles. The Morgan fingerprint density at radius 1 is 1.16 bits per heavy atom. The van der Waals surface area contributed by atoms with Gasteiger partial charge in [-0.15, -0.1) is 0 Å². The molecule has 0 amide bonds. The number of hydrogen-bond acceptors (Lipinski definition) is 5. The van der Waals surface area contributed by atoms with Crippen molar-refractivity contribution in [3.8, 4) is 17.1 Å². The zero-order valence-corrected chi connectivity index (χ0v) is 18.3. The highest BCUT2D eigenvalue weighted by Gasteiger charge is 2.36. The monoisotopic (exact) mass is 445 g/mol. The van der Waals surface area contributed by atoms with Gasteiger partial charge in [-0.05, 0) is 43.5 Å². The number of aryl methyl sites for hydroxylation is 1. The highest BCUT2D eigenvalue weighted by atomic mass is 19.4. The van der Waals surface area contributed by atoms with Crippen LogP contribution in [0, 0.1) is 6.92 Å². The Balaban J connectivity index is 2.01. The second-order valence-corrected chi connectivity index (χ2v) is 7.70. The fourth-order valence-corrected chi connectivity index (χ4v) is 3.64. The highest BCUT2D eigenvalue weighted by Crippen LogP contribution is 2.36. The lowest BCUT2D eigenvalue weighted by Crippen LogP contribution is -2.21.